The Kier molecular flexibility index (Phi) is 10.3. The Morgan fingerprint density at radius 2 is 1.86 bits per heavy atom. The van der Waals surface area contributed by atoms with Gasteiger partial charge in [0.1, 0.15) is 0 Å². The van der Waals surface area contributed by atoms with Crippen LogP contribution in [-0.2, 0) is 9.53 Å². The molecule has 0 aromatic rings. The first-order chi connectivity index (χ1) is 9.50. The van der Waals surface area contributed by atoms with Gasteiger partial charge >= 0.3 is 0 Å². The molecule has 0 radical (unpaired) electrons. The van der Waals surface area contributed by atoms with Crippen LogP contribution in [0.4, 0.5) is 0 Å². The maximum absolute atomic E-state index is 12.6. The molecule has 1 amide bonds. The van der Waals surface area contributed by atoms with Crippen molar-refractivity contribution in [3.8, 4) is 0 Å². The predicted molar refractivity (Wildman–Crippen MR) is 90.0 cm³/mol. The van der Waals surface area contributed by atoms with Gasteiger partial charge in [0.25, 0.3) is 0 Å². The number of halogens is 1. The van der Waals surface area contributed by atoms with Crippen LogP contribution in [0.3, 0.4) is 0 Å². The second-order valence-electron chi connectivity index (χ2n) is 6.66. The number of nitrogens with one attached hydrogen (secondary N) is 2. The summed E-state index contributed by atoms with van der Waals surface area (Å²) in [5.74, 6) is 0.917. The second-order valence-corrected chi connectivity index (χ2v) is 6.66. The van der Waals surface area contributed by atoms with Gasteiger partial charge in [-0.1, -0.05) is 26.7 Å². The van der Waals surface area contributed by atoms with E-state index in [0.29, 0.717) is 6.61 Å². The molecule has 1 heterocycles. The monoisotopic (exact) mass is 320 g/mol. The minimum atomic E-state index is -0.327. The van der Waals surface area contributed by atoms with E-state index in [2.05, 4.69) is 31.4 Å². The Morgan fingerprint density at radius 3 is 2.38 bits per heavy atom. The first-order valence-electron chi connectivity index (χ1n) is 8.01. The lowest BCUT2D eigenvalue weighted by molar-refractivity contribution is -0.136. The van der Waals surface area contributed by atoms with Gasteiger partial charge in [0, 0.05) is 13.2 Å². The largest absolute Gasteiger partial charge is 0.384 e. The highest BCUT2D eigenvalue weighted by Crippen LogP contribution is 2.29. The molecule has 1 atom stereocenters. The van der Waals surface area contributed by atoms with E-state index in [1.54, 1.807) is 7.11 Å². The molecule has 5 heteroatoms. The van der Waals surface area contributed by atoms with E-state index >= 15 is 0 Å². The molecule has 4 nitrogen and oxygen atoms in total. The minimum Gasteiger partial charge on any atom is -0.384 e. The van der Waals surface area contributed by atoms with Gasteiger partial charge in [0.15, 0.2) is 0 Å². The van der Waals surface area contributed by atoms with Gasteiger partial charge in [-0.3, -0.25) is 4.79 Å². The fourth-order valence-electron chi connectivity index (χ4n) is 2.90. The topological polar surface area (TPSA) is 50.4 Å². The Morgan fingerprint density at radius 1 is 1.24 bits per heavy atom. The molecule has 126 valence electrons. The fraction of sp³-hybridized carbons (Fsp3) is 0.938. The Bertz CT molecular complexity index is 286. The van der Waals surface area contributed by atoms with E-state index in [4.69, 9.17) is 4.74 Å². The number of rotatable bonds is 8. The van der Waals surface area contributed by atoms with Crippen molar-refractivity contribution in [2.45, 2.75) is 58.9 Å². The normalized spacial score (nSPS) is 18.9. The lowest BCUT2D eigenvalue weighted by atomic mass is 9.78. The van der Waals surface area contributed by atoms with E-state index in [9.17, 15) is 4.79 Å². The molecule has 0 bridgehead atoms. The molecule has 2 N–H and O–H groups in total. The zero-order chi connectivity index (χ0) is 15.0. The summed E-state index contributed by atoms with van der Waals surface area (Å²) in [6.45, 7) is 8.92. The van der Waals surface area contributed by atoms with Gasteiger partial charge in [0.2, 0.25) is 5.91 Å². The van der Waals surface area contributed by atoms with Crippen LogP contribution in [0.15, 0.2) is 0 Å². The first-order valence-corrected chi connectivity index (χ1v) is 8.01. The smallest absolute Gasteiger partial charge is 0.228 e. The number of piperidine rings is 1. The van der Waals surface area contributed by atoms with Crippen LogP contribution in [-0.4, -0.2) is 38.8 Å². The summed E-state index contributed by atoms with van der Waals surface area (Å²) in [5.41, 5.74) is -0.327. The first kappa shape index (κ1) is 20.7. The minimum absolute atomic E-state index is 0. The SMILES string of the molecule is COCC1(C(=O)NC(C)CCCC(C)C)CCNCC1.Cl. The average molecular weight is 321 g/mol. The summed E-state index contributed by atoms with van der Waals surface area (Å²) in [4.78, 5) is 12.6. The molecule has 1 unspecified atom stereocenters. The van der Waals surface area contributed by atoms with Crippen molar-refractivity contribution in [3.05, 3.63) is 0 Å². The highest BCUT2D eigenvalue weighted by molar-refractivity contribution is 5.85. The number of amides is 1. The molecule has 21 heavy (non-hydrogen) atoms. The van der Waals surface area contributed by atoms with Crippen LogP contribution in [0.2, 0.25) is 0 Å². The van der Waals surface area contributed by atoms with Crippen molar-refractivity contribution >= 4 is 18.3 Å². The molecular formula is C16H33ClN2O2. The van der Waals surface area contributed by atoms with Crippen molar-refractivity contribution in [3.63, 3.8) is 0 Å². The zero-order valence-electron chi connectivity index (χ0n) is 14.0. The van der Waals surface area contributed by atoms with Gasteiger partial charge in [0.05, 0.1) is 12.0 Å². The van der Waals surface area contributed by atoms with E-state index in [0.717, 1.165) is 38.3 Å². The molecule has 0 aromatic heterocycles. The van der Waals surface area contributed by atoms with E-state index in [1.165, 1.54) is 12.8 Å². The number of carbonyl (C=O) groups excluding carboxylic acids is 1. The van der Waals surface area contributed by atoms with Gasteiger partial charge in [-0.15, -0.1) is 12.4 Å². The summed E-state index contributed by atoms with van der Waals surface area (Å²) >= 11 is 0. The standard InChI is InChI=1S/C16H32N2O2.ClH/c1-13(2)6-5-7-14(3)18-15(19)16(12-20-4)8-10-17-11-9-16;/h13-14,17H,5-12H2,1-4H3,(H,18,19);1H. The third kappa shape index (κ3) is 6.98. The maximum atomic E-state index is 12.6. The highest BCUT2D eigenvalue weighted by Gasteiger charge is 2.39. The van der Waals surface area contributed by atoms with Gasteiger partial charge in [-0.25, -0.2) is 0 Å². The van der Waals surface area contributed by atoms with Crippen LogP contribution in [0.25, 0.3) is 0 Å². The fourth-order valence-corrected chi connectivity index (χ4v) is 2.90. The van der Waals surface area contributed by atoms with E-state index < -0.39 is 0 Å². The van der Waals surface area contributed by atoms with E-state index in [1.807, 2.05) is 0 Å². The predicted octanol–water partition coefficient (Wildman–Crippen LogP) is 2.76. The second kappa shape index (κ2) is 10.4. The zero-order valence-corrected chi connectivity index (χ0v) is 14.9. The summed E-state index contributed by atoms with van der Waals surface area (Å²) in [6.07, 6.45) is 5.20. The quantitative estimate of drug-likeness (QED) is 0.723. The summed E-state index contributed by atoms with van der Waals surface area (Å²) in [5, 5.41) is 6.52. The van der Waals surface area contributed by atoms with Crippen molar-refractivity contribution in [1.82, 2.24) is 10.6 Å². The van der Waals surface area contributed by atoms with Gasteiger partial charge in [-0.05, 0) is 45.2 Å². The molecule has 1 fully saturated rings. The molecule has 0 aromatic carbocycles. The lowest BCUT2D eigenvalue weighted by Gasteiger charge is -2.36. The number of carbonyl (C=O) groups is 1. The lowest BCUT2D eigenvalue weighted by Crippen LogP contribution is -2.52. The van der Waals surface area contributed by atoms with E-state index in [-0.39, 0.29) is 29.8 Å². The summed E-state index contributed by atoms with van der Waals surface area (Å²) < 4.78 is 5.31. The van der Waals surface area contributed by atoms with Gasteiger partial charge in [-0.2, -0.15) is 0 Å². The Balaban J connectivity index is 0.00000400. The highest BCUT2D eigenvalue weighted by atomic mass is 35.5. The number of hydrogen-bond donors (Lipinski definition) is 2. The molecule has 0 saturated carbocycles. The third-order valence-corrected chi connectivity index (χ3v) is 4.26. The van der Waals surface area contributed by atoms with Crippen LogP contribution in [0.1, 0.15) is 52.9 Å². The Labute approximate surface area is 136 Å². The van der Waals surface area contributed by atoms with Crippen LogP contribution in [0.5, 0.6) is 0 Å². The summed E-state index contributed by atoms with van der Waals surface area (Å²) in [6, 6.07) is 0.255. The molecule has 0 aliphatic carbocycles. The maximum Gasteiger partial charge on any atom is 0.228 e. The Hall–Kier alpha value is -0.320. The molecule has 1 rings (SSSR count). The van der Waals surface area contributed by atoms with Crippen LogP contribution in [0, 0.1) is 11.3 Å². The number of ether oxygens (including phenoxy) is 1. The van der Waals surface area contributed by atoms with Crippen molar-refractivity contribution in [1.29, 1.82) is 0 Å². The van der Waals surface area contributed by atoms with Crippen molar-refractivity contribution in [2.24, 2.45) is 11.3 Å². The van der Waals surface area contributed by atoms with Crippen LogP contribution >= 0.6 is 12.4 Å². The summed E-state index contributed by atoms with van der Waals surface area (Å²) in [7, 11) is 1.68. The molecular weight excluding hydrogens is 288 g/mol. The molecule has 1 aliphatic rings. The van der Waals surface area contributed by atoms with Crippen LogP contribution < -0.4 is 10.6 Å². The number of methoxy groups -OCH3 is 1. The third-order valence-electron chi connectivity index (χ3n) is 4.26. The van der Waals surface area contributed by atoms with Crippen molar-refractivity contribution in [2.75, 3.05) is 26.8 Å². The molecule has 0 spiro atoms. The van der Waals surface area contributed by atoms with Gasteiger partial charge < -0.3 is 15.4 Å². The van der Waals surface area contributed by atoms with Crippen molar-refractivity contribution < 1.29 is 9.53 Å². The molecule has 1 aliphatic heterocycles. The average Bonchev–Trinajstić information content (AvgIpc) is 2.39. The molecule has 1 saturated heterocycles. The number of hydrogen-bond acceptors (Lipinski definition) is 3.